The third-order valence-electron chi connectivity index (χ3n) is 6.52. The Morgan fingerprint density at radius 1 is 1.26 bits per heavy atom. The number of halogens is 4. The van der Waals surface area contributed by atoms with Crippen molar-refractivity contribution in [2.24, 2.45) is 0 Å². The molecular formula is C22H22ClF3N6O3. The van der Waals surface area contributed by atoms with Crippen LogP contribution < -0.4 is 0 Å². The summed E-state index contributed by atoms with van der Waals surface area (Å²) < 4.78 is 47.9. The van der Waals surface area contributed by atoms with Gasteiger partial charge in [-0.3, -0.25) is 19.2 Å². The van der Waals surface area contributed by atoms with Gasteiger partial charge in [-0.05, 0) is 32.8 Å². The Labute approximate surface area is 202 Å². The third-order valence-corrected chi connectivity index (χ3v) is 6.88. The molecule has 3 aromatic rings. The Balaban J connectivity index is 1.44. The molecule has 9 nitrogen and oxygen atoms in total. The summed E-state index contributed by atoms with van der Waals surface area (Å²) >= 11 is 6.41. The Hall–Kier alpha value is -3.28. The molecule has 0 bridgehead atoms. The number of fused-ring (bicyclic) bond motifs is 1. The number of amides is 2. The van der Waals surface area contributed by atoms with E-state index in [1.54, 1.807) is 4.90 Å². The molecule has 1 N–H and O–H groups in total. The van der Waals surface area contributed by atoms with Crippen LogP contribution in [-0.2, 0) is 10.9 Å². The first-order valence-electron chi connectivity index (χ1n) is 11.0. The van der Waals surface area contributed by atoms with Gasteiger partial charge in [-0.1, -0.05) is 11.6 Å². The van der Waals surface area contributed by atoms with Crippen LogP contribution in [-0.4, -0.2) is 72.7 Å². The maximum absolute atomic E-state index is 13.9. The van der Waals surface area contributed by atoms with E-state index < -0.39 is 28.8 Å². The highest BCUT2D eigenvalue weighted by Crippen LogP contribution is 2.37. The first-order chi connectivity index (χ1) is 16.5. The lowest BCUT2D eigenvalue weighted by atomic mass is 9.97. The molecule has 5 heterocycles. The summed E-state index contributed by atoms with van der Waals surface area (Å²) in [5, 5.41) is 6.14. The fourth-order valence-electron chi connectivity index (χ4n) is 4.77. The first-order valence-corrected chi connectivity index (χ1v) is 11.4. The molecule has 186 valence electrons. The van der Waals surface area contributed by atoms with Gasteiger partial charge in [-0.25, -0.2) is 9.78 Å². The standard InChI is InChI=1S/C22H22ClF3N6O3/c1-21(2)11-35-20(34)32(21)14-3-5-30(6-4-14)19(33)16-17(23)31-10-12(13-8-27-28-9-13)7-15(18(31)29-16)22(24,25)26/h7-10,14H,3-6,11H2,1-2H3,(H,27,28). The van der Waals surface area contributed by atoms with E-state index in [1.807, 2.05) is 13.8 Å². The number of cyclic esters (lactones) is 1. The van der Waals surface area contributed by atoms with Crippen molar-refractivity contribution in [1.29, 1.82) is 0 Å². The zero-order valence-corrected chi connectivity index (χ0v) is 19.7. The van der Waals surface area contributed by atoms with Crippen molar-refractivity contribution in [3.05, 3.63) is 41.1 Å². The molecular weight excluding hydrogens is 489 g/mol. The van der Waals surface area contributed by atoms with E-state index in [0.717, 1.165) is 10.5 Å². The van der Waals surface area contributed by atoms with Gasteiger partial charge in [0.2, 0.25) is 0 Å². The van der Waals surface area contributed by atoms with Crippen molar-refractivity contribution in [2.45, 2.75) is 44.4 Å². The minimum absolute atomic E-state index is 0.102. The number of piperidine rings is 1. The maximum atomic E-state index is 13.9. The van der Waals surface area contributed by atoms with Gasteiger partial charge in [-0.2, -0.15) is 18.3 Å². The smallest absolute Gasteiger partial charge is 0.420 e. The summed E-state index contributed by atoms with van der Waals surface area (Å²) in [4.78, 5) is 32.7. The molecule has 5 rings (SSSR count). The number of H-pyrrole nitrogens is 1. The molecule has 0 unspecified atom stereocenters. The van der Waals surface area contributed by atoms with Crippen LogP contribution in [0.4, 0.5) is 18.0 Å². The van der Waals surface area contributed by atoms with Crippen LogP contribution in [0.3, 0.4) is 0 Å². The predicted octanol–water partition coefficient (Wildman–Crippen LogP) is 4.23. The highest BCUT2D eigenvalue weighted by molar-refractivity contribution is 6.33. The van der Waals surface area contributed by atoms with Gasteiger partial charge in [0.25, 0.3) is 5.91 Å². The molecule has 2 saturated heterocycles. The Bertz CT molecular complexity index is 1300. The monoisotopic (exact) mass is 510 g/mol. The topological polar surface area (TPSA) is 95.8 Å². The number of rotatable bonds is 3. The van der Waals surface area contributed by atoms with E-state index in [9.17, 15) is 22.8 Å². The molecule has 0 aromatic carbocycles. The summed E-state index contributed by atoms with van der Waals surface area (Å²) in [5.41, 5.74) is -1.50. The molecule has 2 amide bonds. The number of imidazole rings is 1. The second-order valence-electron chi connectivity index (χ2n) is 9.33. The maximum Gasteiger partial charge on any atom is 0.420 e. The molecule has 0 atom stereocenters. The number of carbonyl (C=O) groups is 2. The fraction of sp³-hybridized carbons (Fsp3) is 0.455. The molecule has 0 spiro atoms. The molecule has 2 fully saturated rings. The zero-order chi connectivity index (χ0) is 25.1. The number of pyridine rings is 1. The number of aromatic amines is 1. The summed E-state index contributed by atoms with van der Waals surface area (Å²) in [7, 11) is 0. The molecule has 13 heteroatoms. The van der Waals surface area contributed by atoms with Gasteiger partial charge in [0.1, 0.15) is 11.8 Å². The van der Waals surface area contributed by atoms with Crippen molar-refractivity contribution in [3.63, 3.8) is 0 Å². The zero-order valence-electron chi connectivity index (χ0n) is 18.9. The van der Waals surface area contributed by atoms with E-state index in [1.165, 1.54) is 23.5 Å². The Morgan fingerprint density at radius 3 is 2.54 bits per heavy atom. The average molecular weight is 511 g/mol. The van der Waals surface area contributed by atoms with Crippen LogP contribution in [0.15, 0.2) is 24.7 Å². The summed E-state index contributed by atoms with van der Waals surface area (Å²) in [6, 6.07) is 0.857. The summed E-state index contributed by atoms with van der Waals surface area (Å²) in [5.74, 6) is -0.557. The number of carbonyl (C=O) groups excluding carboxylic acids is 2. The largest absolute Gasteiger partial charge is 0.447 e. The van der Waals surface area contributed by atoms with Gasteiger partial charge < -0.3 is 9.64 Å². The van der Waals surface area contributed by atoms with Gasteiger partial charge in [0.15, 0.2) is 11.3 Å². The quantitative estimate of drug-likeness (QED) is 0.569. The van der Waals surface area contributed by atoms with E-state index >= 15 is 0 Å². The van der Waals surface area contributed by atoms with Gasteiger partial charge in [-0.15, -0.1) is 0 Å². The number of likely N-dealkylation sites (tertiary alicyclic amines) is 1. The van der Waals surface area contributed by atoms with Crippen molar-refractivity contribution < 1.29 is 27.5 Å². The van der Waals surface area contributed by atoms with Crippen molar-refractivity contribution in [3.8, 4) is 11.1 Å². The van der Waals surface area contributed by atoms with E-state index in [-0.39, 0.29) is 28.5 Å². The van der Waals surface area contributed by atoms with Crippen molar-refractivity contribution >= 4 is 29.2 Å². The minimum atomic E-state index is -4.72. The number of nitrogens with zero attached hydrogens (tertiary/aromatic N) is 5. The number of aromatic nitrogens is 4. The van der Waals surface area contributed by atoms with E-state index in [0.29, 0.717) is 38.1 Å². The fourth-order valence-corrected chi connectivity index (χ4v) is 5.03. The van der Waals surface area contributed by atoms with Crippen LogP contribution >= 0.6 is 11.6 Å². The second kappa shape index (κ2) is 8.14. The van der Waals surface area contributed by atoms with Crippen LogP contribution in [0, 0.1) is 0 Å². The lowest BCUT2D eigenvalue weighted by molar-refractivity contribution is -0.136. The molecule has 2 aliphatic heterocycles. The van der Waals surface area contributed by atoms with Crippen molar-refractivity contribution in [1.82, 2.24) is 29.4 Å². The molecule has 0 aliphatic carbocycles. The molecule has 0 radical (unpaired) electrons. The Kier molecular flexibility index (Phi) is 5.46. The van der Waals surface area contributed by atoms with Crippen LogP contribution in [0.5, 0.6) is 0 Å². The number of nitrogens with one attached hydrogen (secondary N) is 1. The normalized spacial score (nSPS) is 19.0. The highest BCUT2D eigenvalue weighted by Gasteiger charge is 2.45. The third kappa shape index (κ3) is 3.99. The molecule has 3 aromatic heterocycles. The van der Waals surface area contributed by atoms with E-state index in [2.05, 4.69) is 15.2 Å². The minimum Gasteiger partial charge on any atom is -0.447 e. The number of hydrogen-bond donors (Lipinski definition) is 1. The molecule has 0 saturated carbocycles. The molecule has 35 heavy (non-hydrogen) atoms. The Morgan fingerprint density at radius 2 is 1.97 bits per heavy atom. The van der Waals surface area contributed by atoms with Crippen LogP contribution in [0.25, 0.3) is 16.8 Å². The average Bonchev–Trinajstić information content (AvgIpc) is 3.51. The van der Waals surface area contributed by atoms with E-state index in [4.69, 9.17) is 16.3 Å². The summed E-state index contributed by atoms with van der Waals surface area (Å²) in [6.45, 7) is 4.74. The summed E-state index contributed by atoms with van der Waals surface area (Å²) in [6.07, 6.45) is 0.165. The van der Waals surface area contributed by atoms with Gasteiger partial charge in [0.05, 0.1) is 17.3 Å². The second-order valence-corrected chi connectivity index (χ2v) is 9.69. The van der Waals surface area contributed by atoms with Gasteiger partial charge in [0, 0.05) is 42.7 Å². The lowest BCUT2D eigenvalue weighted by Crippen LogP contribution is -2.53. The van der Waals surface area contributed by atoms with Crippen molar-refractivity contribution in [2.75, 3.05) is 19.7 Å². The highest BCUT2D eigenvalue weighted by atomic mass is 35.5. The lowest BCUT2D eigenvalue weighted by Gasteiger charge is -2.40. The predicted molar refractivity (Wildman–Crippen MR) is 119 cm³/mol. The molecule has 2 aliphatic rings. The van der Waals surface area contributed by atoms with Crippen LogP contribution in [0.2, 0.25) is 5.15 Å². The first kappa shape index (κ1) is 23.5. The van der Waals surface area contributed by atoms with Gasteiger partial charge >= 0.3 is 12.3 Å². The number of alkyl halides is 3. The number of hydrogen-bond acceptors (Lipinski definition) is 5. The SMILES string of the molecule is CC1(C)COC(=O)N1C1CCN(C(=O)c2nc3c(C(F)(F)F)cc(-c4cn[nH]c4)cn3c2Cl)CC1. The number of ether oxygens (including phenoxy) is 1. The van der Waals surface area contributed by atoms with Crippen LogP contribution in [0.1, 0.15) is 42.7 Å².